The zero-order valence-corrected chi connectivity index (χ0v) is 18.4. The Bertz CT molecular complexity index is 1020. The molecule has 7 heteroatoms. The summed E-state index contributed by atoms with van der Waals surface area (Å²) in [6.07, 6.45) is 1.34. The molecule has 0 heterocycles. The molecule has 2 aromatic carbocycles. The second kappa shape index (κ2) is 8.26. The Hall–Kier alpha value is -2.70. The highest BCUT2D eigenvalue weighted by molar-refractivity contribution is 5.91. The van der Waals surface area contributed by atoms with Crippen LogP contribution < -0.4 is 14.2 Å². The molecule has 5 rings (SSSR count). The first-order chi connectivity index (χ1) is 15.8. The standard InChI is InChI=1S/C26H27F3O4/c1-2-25(15-17-13-21(25)20-10-6-9-19(17)20)32-23-14-16(11-12-22(23)33-26(27,28)29)24(30)31-18-7-4-3-5-8-18/h3-5,7-8,11-12,14,17,19-21H,2,6,9-10,13,15H2,1H3. The Labute approximate surface area is 191 Å². The molecule has 2 bridgehead atoms. The number of rotatable bonds is 6. The summed E-state index contributed by atoms with van der Waals surface area (Å²) in [6, 6.07) is 12.3. The fourth-order valence-corrected chi connectivity index (χ4v) is 6.61. The van der Waals surface area contributed by atoms with E-state index < -0.39 is 23.7 Å². The van der Waals surface area contributed by atoms with Gasteiger partial charge in [0, 0.05) is 5.92 Å². The van der Waals surface area contributed by atoms with E-state index in [-0.39, 0.29) is 11.3 Å². The number of fused-ring (bicyclic) bond motifs is 5. The van der Waals surface area contributed by atoms with Crippen LogP contribution in [0.3, 0.4) is 0 Å². The van der Waals surface area contributed by atoms with Gasteiger partial charge in [-0.05, 0) is 80.2 Å². The number of hydrogen-bond acceptors (Lipinski definition) is 4. The van der Waals surface area contributed by atoms with Crippen LogP contribution in [0, 0.1) is 23.7 Å². The molecule has 5 atom stereocenters. The van der Waals surface area contributed by atoms with Crippen molar-refractivity contribution in [3.8, 4) is 17.2 Å². The maximum atomic E-state index is 13.1. The number of carbonyl (C=O) groups is 1. The molecule has 2 aromatic rings. The first-order valence-corrected chi connectivity index (χ1v) is 11.6. The Kier molecular flexibility index (Phi) is 5.53. The fraction of sp³-hybridized carbons (Fsp3) is 0.500. The van der Waals surface area contributed by atoms with E-state index in [0.29, 0.717) is 29.9 Å². The average molecular weight is 460 g/mol. The summed E-state index contributed by atoms with van der Waals surface area (Å²) in [5.41, 5.74) is -0.432. The van der Waals surface area contributed by atoms with Gasteiger partial charge in [-0.3, -0.25) is 0 Å². The average Bonchev–Trinajstić information content (AvgIpc) is 3.47. The number of para-hydroxylation sites is 1. The quantitative estimate of drug-likeness (QED) is 0.352. The molecule has 0 aliphatic heterocycles. The van der Waals surface area contributed by atoms with E-state index in [4.69, 9.17) is 9.47 Å². The SMILES string of the molecule is CCC1(Oc2cc(C(=O)Oc3ccccc3)ccc2OC(F)(F)F)CC2CC1C1CCCC21. The second-order valence-corrected chi connectivity index (χ2v) is 9.50. The zero-order chi connectivity index (χ0) is 23.2. The van der Waals surface area contributed by atoms with E-state index in [1.807, 2.05) is 6.92 Å². The molecule has 0 radical (unpaired) electrons. The molecule has 0 aromatic heterocycles. The van der Waals surface area contributed by atoms with E-state index in [1.165, 1.54) is 25.0 Å². The molecule has 3 aliphatic rings. The maximum Gasteiger partial charge on any atom is 0.573 e. The van der Waals surface area contributed by atoms with E-state index in [0.717, 1.165) is 31.2 Å². The van der Waals surface area contributed by atoms with Gasteiger partial charge in [0.15, 0.2) is 11.5 Å². The molecule has 3 saturated carbocycles. The van der Waals surface area contributed by atoms with Crippen molar-refractivity contribution >= 4 is 5.97 Å². The van der Waals surface area contributed by atoms with Gasteiger partial charge in [-0.15, -0.1) is 13.2 Å². The van der Waals surface area contributed by atoms with Crippen LogP contribution in [0.1, 0.15) is 55.8 Å². The molecule has 0 N–H and O–H groups in total. The first-order valence-electron chi connectivity index (χ1n) is 11.6. The van der Waals surface area contributed by atoms with Crippen molar-refractivity contribution in [3.63, 3.8) is 0 Å². The fourth-order valence-electron chi connectivity index (χ4n) is 6.61. The zero-order valence-electron chi connectivity index (χ0n) is 18.4. The summed E-state index contributed by atoms with van der Waals surface area (Å²) in [6.45, 7) is 2.03. The van der Waals surface area contributed by atoms with Gasteiger partial charge < -0.3 is 14.2 Å². The van der Waals surface area contributed by atoms with Gasteiger partial charge >= 0.3 is 12.3 Å². The molecule has 4 nitrogen and oxygen atoms in total. The van der Waals surface area contributed by atoms with Crippen molar-refractivity contribution in [2.45, 2.75) is 57.4 Å². The van der Waals surface area contributed by atoms with Crippen molar-refractivity contribution in [1.29, 1.82) is 0 Å². The van der Waals surface area contributed by atoms with Crippen LogP contribution in [-0.4, -0.2) is 17.9 Å². The van der Waals surface area contributed by atoms with Crippen molar-refractivity contribution in [1.82, 2.24) is 0 Å². The number of benzene rings is 2. The smallest absolute Gasteiger partial charge is 0.483 e. The molecule has 0 saturated heterocycles. The van der Waals surface area contributed by atoms with Gasteiger partial charge in [-0.1, -0.05) is 31.5 Å². The van der Waals surface area contributed by atoms with Crippen LogP contribution >= 0.6 is 0 Å². The Morgan fingerprint density at radius 2 is 1.82 bits per heavy atom. The third-order valence-corrected chi connectivity index (χ3v) is 7.86. The molecule has 5 unspecified atom stereocenters. The lowest BCUT2D eigenvalue weighted by molar-refractivity contribution is -0.275. The van der Waals surface area contributed by atoms with Crippen LogP contribution in [0.5, 0.6) is 17.2 Å². The van der Waals surface area contributed by atoms with Crippen LogP contribution in [0.25, 0.3) is 0 Å². The molecule has 3 fully saturated rings. The Balaban J connectivity index is 1.45. The lowest BCUT2D eigenvalue weighted by atomic mass is 9.71. The number of carbonyl (C=O) groups excluding carboxylic acids is 1. The normalized spacial score (nSPS) is 30.2. The van der Waals surface area contributed by atoms with Crippen molar-refractivity contribution in [2.75, 3.05) is 0 Å². The van der Waals surface area contributed by atoms with E-state index in [1.54, 1.807) is 30.3 Å². The van der Waals surface area contributed by atoms with Gasteiger partial charge in [0.1, 0.15) is 11.4 Å². The van der Waals surface area contributed by atoms with Crippen molar-refractivity contribution in [2.24, 2.45) is 23.7 Å². The third-order valence-electron chi connectivity index (χ3n) is 7.86. The number of hydrogen-bond donors (Lipinski definition) is 0. The largest absolute Gasteiger partial charge is 0.573 e. The minimum absolute atomic E-state index is 0.0567. The van der Waals surface area contributed by atoms with Crippen molar-refractivity contribution in [3.05, 3.63) is 54.1 Å². The summed E-state index contributed by atoms with van der Waals surface area (Å²) in [5.74, 6) is 1.36. The summed E-state index contributed by atoms with van der Waals surface area (Å²) < 4.78 is 55.4. The van der Waals surface area contributed by atoms with Gasteiger partial charge in [-0.25, -0.2) is 4.79 Å². The molecule has 33 heavy (non-hydrogen) atoms. The maximum absolute atomic E-state index is 13.1. The third kappa shape index (κ3) is 4.18. The second-order valence-electron chi connectivity index (χ2n) is 9.50. The molecule has 3 aliphatic carbocycles. The minimum atomic E-state index is -4.87. The van der Waals surface area contributed by atoms with Gasteiger partial charge in [0.2, 0.25) is 0 Å². The topological polar surface area (TPSA) is 44.8 Å². The van der Waals surface area contributed by atoms with Crippen LogP contribution in [-0.2, 0) is 0 Å². The number of esters is 1. The van der Waals surface area contributed by atoms with Crippen molar-refractivity contribution < 1.29 is 32.2 Å². The number of ether oxygens (including phenoxy) is 3. The van der Waals surface area contributed by atoms with Crippen LogP contribution in [0.2, 0.25) is 0 Å². The van der Waals surface area contributed by atoms with E-state index in [9.17, 15) is 18.0 Å². The summed E-state index contributed by atoms with van der Waals surface area (Å²) in [5, 5.41) is 0. The van der Waals surface area contributed by atoms with Gasteiger partial charge in [-0.2, -0.15) is 0 Å². The highest BCUT2D eigenvalue weighted by atomic mass is 19.4. The summed E-state index contributed by atoms with van der Waals surface area (Å²) in [7, 11) is 0. The lowest BCUT2D eigenvalue weighted by Crippen LogP contribution is -2.46. The van der Waals surface area contributed by atoms with Gasteiger partial charge in [0.05, 0.1) is 5.56 Å². The van der Waals surface area contributed by atoms with E-state index >= 15 is 0 Å². The number of halogens is 3. The Morgan fingerprint density at radius 1 is 1.06 bits per heavy atom. The summed E-state index contributed by atoms with van der Waals surface area (Å²) in [4.78, 5) is 12.7. The lowest BCUT2D eigenvalue weighted by Gasteiger charge is -2.42. The van der Waals surface area contributed by atoms with Crippen LogP contribution in [0.15, 0.2) is 48.5 Å². The molecule has 0 amide bonds. The predicted molar refractivity (Wildman–Crippen MR) is 115 cm³/mol. The highest BCUT2D eigenvalue weighted by Crippen LogP contribution is 2.64. The predicted octanol–water partition coefficient (Wildman–Crippen LogP) is 6.79. The molecular formula is C26H27F3O4. The molecule has 176 valence electrons. The van der Waals surface area contributed by atoms with E-state index in [2.05, 4.69) is 4.74 Å². The van der Waals surface area contributed by atoms with Crippen LogP contribution in [0.4, 0.5) is 13.2 Å². The first kappa shape index (κ1) is 22.1. The monoisotopic (exact) mass is 460 g/mol. The minimum Gasteiger partial charge on any atom is -0.483 e. The number of alkyl halides is 3. The summed E-state index contributed by atoms with van der Waals surface area (Å²) >= 11 is 0. The highest BCUT2D eigenvalue weighted by Gasteiger charge is 2.61. The van der Waals surface area contributed by atoms with Gasteiger partial charge in [0.25, 0.3) is 0 Å². The Morgan fingerprint density at radius 3 is 2.55 bits per heavy atom. The molecule has 0 spiro atoms. The molecular weight excluding hydrogens is 433 g/mol.